The molecule has 5 heteroatoms. The van der Waals surface area contributed by atoms with E-state index in [2.05, 4.69) is 21.2 Å². The van der Waals surface area contributed by atoms with Crippen LogP contribution in [-0.4, -0.2) is 11.4 Å². The molecule has 0 heterocycles. The average molecular weight is 292 g/mol. The number of hydrogen-bond acceptors (Lipinski definition) is 1. The van der Waals surface area contributed by atoms with Gasteiger partial charge in [-0.1, -0.05) is 19.9 Å². The van der Waals surface area contributed by atoms with Gasteiger partial charge in [0.2, 0.25) is 0 Å². The molecule has 0 aliphatic carbocycles. The molecule has 0 saturated carbocycles. The van der Waals surface area contributed by atoms with E-state index >= 15 is 0 Å². The molecule has 1 aromatic carbocycles. The van der Waals surface area contributed by atoms with E-state index in [0.717, 1.165) is 6.07 Å². The molecule has 0 aliphatic rings. The smallest absolute Gasteiger partial charge is 0.287 e. The lowest BCUT2D eigenvalue weighted by molar-refractivity contribution is 0.259. The summed E-state index contributed by atoms with van der Waals surface area (Å²) in [6.45, 7) is 3.80. The van der Waals surface area contributed by atoms with E-state index in [-0.39, 0.29) is 11.4 Å². The molecule has 0 unspecified atom stereocenters. The fraction of sp³-hybridized carbons (Fsp3) is 0.364. The van der Waals surface area contributed by atoms with E-state index in [0.29, 0.717) is 5.56 Å². The molecule has 2 nitrogen and oxygen atoms in total. The quantitative estimate of drug-likeness (QED) is 0.672. The molecule has 1 amide bonds. The van der Waals surface area contributed by atoms with Crippen LogP contribution in [0, 0.1) is 11.6 Å². The molecule has 0 fully saturated rings. The molecule has 0 atom stereocenters. The molecular weight excluding hydrogens is 280 g/mol. The largest absolute Gasteiger partial charge is 0.346 e. The van der Waals surface area contributed by atoms with Gasteiger partial charge in [0.05, 0.1) is 0 Å². The van der Waals surface area contributed by atoms with E-state index in [4.69, 9.17) is 0 Å². The molecule has 0 spiro atoms. The van der Waals surface area contributed by atoms with Gasteiger partial charge in [-0.3, -0.25) is 4.79 Å². The summed E-state index contributed by atoms with van der Waals surface area (Å²) < 4.78 is 26.2. The Kier molecular flexibility index (Phi) is 4.02. The molecule has 0 aromatic heterocycles. The summed E-state index contributed by atoms with van der Waals surface area (Å²) in [7, 11) is 0. The molecule has 88 valence electrons. The zero-order valence-corrected chi connectivity index (χ0v) is 10.6. The minimum absolute atomic E-state index is 0.264. The molecule has 1 N–H and O–H groups in total. The fourth-order valence-electron chi connectivity index (χ4n) is 1.42. The number of halogens is 3. The van der Waals surface area contributed by atoms with Crippen molar-refractivity contribution in [2.45, 2.75) is 19.3 Å². The summed E-state index contributed by atoms with van der Waals surface area (Å²) in [4.78, 5) is 10.4. The normalized spacial score (nSPS) is 11.3. The Morgan fingerprint density at radius 2 is 2.06 bits per heavy atom. The Hall–Kier alpha value is -0.970. The van der Waals surface area contributed by atoms with Gasteiger partial charge in [-0.25, -0.2) is 8.78 Å². The van der Waals surface area contributed by atoms with Crippen LogP contribution in [0.2, 0.25) is 0 Å². The molecule has 0 radical (unpaired) electrons. The van der Waals surface area contributed by atoms with Gasteiger partial charge in [-0.2, -0.15) is 0 Å². The Balaban J connectivity index is 2.92. The Bertz CT molecular complexity index is 407. The van der Waals surface area contributed by atoms with Crippen LogP contribution in [0.15, 0.2) is 18.2 Å². The first-order valence-electron chi connectivity index (χ1n) is 4.72. The van der Waals surface area contributed by atoms with Crippen LogP contribution >= 0.6 is 15.9 Å². The molecule has 0 saturated heterocycles. The third-order valence-electron chi connectivity index (χ3n) is 2.33. The molecule has 16 heavy (non-hydrogen) atoms. The van der Waals surface area contributed by atoms with Crippen molar-refractivity contribution >= 4 is 20.7 Å². The number of carbonyl (C=O) groups is 1. The van der Waals surface area contributed by atoms with Gasteiger partial charge in [0, 0.05) is 34.0 Å². The number of rotatable bonds is 3. The van der Waals surface area contributed by atoms with Crippen LogP contribution in [0.5, 0.6) is 0 Å². The van der Waals surface area contributed by atoms with Gasteiger partial charge in [0.25, 0.3) is 4.82 Å². The minimum atomic E-state index is -0.610. The van der Waals surface area contributed by atoms with Gasteiger partial charge in [0.1, 0.15) is 11.6 Å². The van der Waals surface area contributed by atoms with Crippen molar-refractivity contribution in [3.8, 4) is 0 Å². The Morgan fingerprint density at radius 1 is 1.44 bits per heavy atom. The molecule has 0 aliphatic heterocycles. The standard InChI is InChI=1S/C11H12BrF2NO/c1-11(2,6-15-10(12)16)8-4-3-7(13)5-9(8)14/h3-5H,6H2,1-2H3,(H,15,16). The Labute approximate surface area is 101 Å². The molecule has 1 rings (SSSR count). The highest BCUT2D eigenvalue weighted by atomic mass is 79.9. The maximum absolute atomic E-state index is 13.5. The number of carbonyl (C=O) groups excluding carboxylic acids is 1. The fourth-order valence-corrected chi connectivity index (χ4v) is 1.56. The van der Waals surface area contributed by atoms with Crippen molar-refractivity contribution in [1.82, 2.24) is 5.32 Å². The first-order chi connectivity index (χ1) is 7.33. The zero-order valence-electron chi connectivity index (χ0n) is 8.98. The third-order valence-corrected chi connectivity index (χ3v) is 2.61. The molecular formula is C11H12BrF2NO. The predicted molar refractivity (Wildman–Crippen MR) is 61.7 cm³/mol. The molecule has 0 bridgehead atoms. The monoisotopic (exact) mass is 291 g/mol. The zero-order chi connectivity index (χ0) is 12.3. The Morgan fingerprint density at radius 3 is 2.56 bits per heavy atom. The van der Waals surface area contributed by atoms with Crippen molar-refractivity contribution in [3.05, 3.63) is 35.4 Å². The third kappa shape index (κ3) is 3.27. The SMILES string of the molecule is CC(C)(CNC(=O)Br)c1ccc(F)cc1F. The van der Waals surface area contributed by atoms with E-state index in [1.54, 1.807) is 13.8 Å². The first-order valence-corrected chi connectivity index (χ1v) is 5.51. The second kappa shape index (κ2) is 4.91. The average Bonchev–Trinajstić information content (AvgIpc) is 2.14. The highest BCUT2D eigenvalue weighted by molar-refractivity contribution is 9.18. The van der Waals surface area contributed by atoms with Crippen molar-refractivity contribution in [2.24, 2.45) is 0 Å². The van der Waals surface area contributed by atoms with Crippen LogP contribution in [-0.2, 0) is 5.41 Å². The highest BCUT2D eigenvalue weighted by Gasteiger charge is 2.24. The number of amides is 1. The lowest BCUT2D eigenvalue weighted by Gasteiger charge is -2.25. The second-order valence-electron chi connectivity index (χ2n) is 4.14. The summed E-state index contributed by atoms with van der Waals surface area (Å²) >= 11 is 2.73. The summed E-state index contributed by atoms with van der Waals surface area (Å²) in [5.74, 6) is -1.21. The van der Waals surface area contributed by atoms with Crippen molar-refractivity contribution in [3.63, 3.8) is 0 Å². The molecule has 1 aromatic rings. The maximum atomic E-state index is 13.5. The number of hydrogen-bond donors (Lipinski definition) is 1. The summed E-state index contributed by atoms with van der Waals surface area (Å²) in [6.07, 6.45) is 0. The van der Waals surface area contributed by atoms with Gasteiger partial charge in [0.15, 0.2) is 0 Å². The maximum Gasteiger partial charge on any atom is 0.287 e. The minimum Gasteiger partial charge on any atom is -0.346 e. The van der Waals surface area contributed by atoms with Gasteiger partial charge < -0.3 is 5.32 Å². The van der Waals surface area contributed by atoms with Gasteiger partial charge >= 0.3 is 0 Å². The predicted octanol–water partition coefficient (Wildman–Crippen LogP) is 3.35. The van der Waals surface area contributed by atoms with Crippen molar-refractivity contribution in [1.29, 1.82) is 0 Å². The number of nitrogens with one attached hydrogen (secondary N) is 1. The van der Waals surface area contributed by atoms with E-state index < -0.39 is 17.0 Å². The number of benzene rings is 1. The van der Waals surface area contributed by atoms with Crippen LogP contribution in [0.4, 0.5) is 13.6 Å². The van der Waals surface area contributed by atoms with E-state index in [1.165, 1.54) is 12.1 Å². The van der Waals surface area contributed by atoms with Crippen LogP contribution < -0.4 is 5.32 Å². The summed E-state index contributed by atoms with van der Waals surface area (Å²) in [5, 5.41) is 2.54. The van der Waals surface area contributed by atoms with E-state index in [1.807, 2.05) is 0 Å². The van der Waals surface area contributed by atoms with E-state index in [9.17, 15) is 13.6 Å². The highest BCUT2D eigenvalue weighted by Crippen LogP contribution is 2.25. The van der Waals surface area contributed by atoms with Crippen molar-refractivity contribution < 1.29 is 13.6 Å². The van der Waals surface area contributed by atoms with Crippen LogP contribution in [0.25, 0.3) is 0 Å². The van der Waals surface area contributed by atoms with Crippen LogP contribution in [0.1, 0.15) is 19.4 Å². The van der Waals surface area contributed by atoms with Gasteiger partial charge in [-0.05, 0) is 11.6 Å². The summed E-state index contributed by atoms with van der Waals surface area (Å²) in [5.41, 5.74) is -0.226. The van der Waals surface area contributed by atoms with Gasteiger partial charge in [-0.15, -0.1) is 0 Å². The topological polar surface area (TPSA) is 29.1 Å². The van der Waals surface area contributed by atoms with Crippen LogP contribution in [0.3, 0.4) is 0 Å². The second-order valence-corrected chi connectivity index (χ2v) is 4.86. The first kappa shape index (κ1) is 13.1. The lowest BCUT2D eigenvalue weighted by atomic mass is 9.84. The lowest BCUT2D eigenvalue weighted by Crippen LogP contribution is -2.34. The summed E-state index contributed by atoms with van der Waals surface area (Å²) in [6, 6.07) is 3.44. The van der Waals surface area contributed by atoms with Crippen molar-refractivity contribution in [2.75, 3.05) is 6.54 Å².